The molecule has 10 nitrogen and oxygen atoms in total. The predicted molar refractivity (Wildman–Crippen MR) is 123 cm³/mol. The van der Waals surface area contributed by atoms with E-state index < -0.39 is 0 Å². The van der Waals surface area contributed by atoms with Crippen molar-refractivity contribution in [3.05, 3.63) is 35.2 Å². The molecule has 0 aromatic carbocycles. The van der Waals surface area contributed by atoms with Crippen LogP contribution in [0.2, 0.25) is 0 Å². The molecule has 1 saturated carbocycles. The fraction of sp³-hybridized carbons (Fsp3) is 0.524. The van der Waals surface area contributed by atoms with Crippen molar-refractivity contribution in [3.8, 4) is 0 Å². The molecule has 170 valence electrons. The molecule has 2 fully saturated rings. The summed E-state index contributed by atoms with van der Waals surface area (Å²) in [4.78, 5) is 23.4. The first-order chi connectivity index (χ1) is 15.6. The molecule has 1 amide bonds. The van der Waals surface area contributed by atoms with E-state index in [1.807, 2.05) is 10.9 Å². The van der Waals surface area contributed by atoms with Crippen molar-refractivity contribution in [2.75, 3.05) is 43.5 Å². The molecule has 3 heterocycles. The van der Waals surface area contributed by atoms with Gasteiger partial charge in [0.25, 0.3) is 0 Å². The number of nitrogens with one attached hydrogen (secondary N) is 2. The Kier molecular flexibility index (Phi) is 6.11. The maximum Gasteiger partial charge on any atom is 0.229 e. The van der Waals surface area contributed by atoms with E-state index in [0.717, 1.165) is 56.0 Å². The van der Waals surface area contributed by atoms with Crippen molar-refractivity contribution >= 4 is 39.3 Å². The largest absolute Gasteiger partial charge is 0.379 e. The fourth-order valence-corrected chi connectivity index (χ4v) is 5.15. The molecule has 2 aromatic heterocycles. The first kappa shape index (κ1) is 21.4. The second-order valence-electron chi connectivity index (χ2n) is 8.51. The number of halogens is 1. The quantitative estimate of drug-likeness (QED) is 0.465. The lowest BCUT2D eigenvalue weighted by molar-refractivity contribution is -0.122. The van der Waals surface area contributed by atoms with Gasteiger partial charge in [0.1, 0.15) is 5.82 Å². The average molecular weight is 503 g/mol. The lowest BCUT2D eigenvalue weighted by Crippen LogP contribution is -2.41. The minimum atomic E-state index is -0.271. The summed E-state index contributed by atoms with van der Waals surface area (Å²) in [5.41, 5.74) is 6.50. The summed E-state index contributed by atoms with van der Waals surface area (Å²) >= 11 is 3.52. The highest BCUT2D eigenvalue weighted by Gasteiger charge is 2.47. The minimum Gasteiger partial charge on any atom is -0.379 e. The van der Waals surface area contributed by atoms with E-state index in [4.69, 9.17) is 10.5 Å². The summed E-state index contributed by atoms with van der Waals surface area (Å²) in [6, 6.07) is -0.0653. The normalized spacial score (nSPS) is 27.0. The van der Waals surface area contributed by atoms with Crippen molar-refractivity contribution in [1.82, 2.24) is 24.6 Å². The Morgan fingerprint density at radius 3 is 2.84 bits per heavy atom. The number of hydrogen-bond donors (Lipinski definition) is 3. The number of allylic oxidation sites excluding steroid dienone is 1. The van der Waals surface area contributed by atoms with Crippen LogP contribution in [0.3, 0.4) is 0 Å². The van der Waals surface area contributed by atoms with E-state index in [-0.39, 0.29) is 29.7 Å². The Hall–Kier alpha value is -2.50. The number of ether oxygens (including phenoxy) is 1. The summed E-state index contributed by atoms with van der Waals surface area (Å²) in [6.45, 7) is 5.26. The molecule has 2 bridgehead atoms. The lowest BCUT2D eigenvalue weighted by Gasteiger charge is -2.27. The third-order valence-corrected chi connectivity index (χ3v) is 7.05. The van der Waals surface area contributed by atoms with Gasteiger partial charge in [0.15, 0.2) is 0 Å². The number of carbonyl (C=O) groups excluding carboxylic acids is 1. The number of fused-ring (bicyclic) bond motifs is 2. The van der Waals surface area contributed by atoms with Crippen LogP contribution in [0.15, 0.2) is 35.2 Å². The maximum absolute atomic E-state index is 12.0. The van der Waals surface area contributed by atoms with E-state index in [1.54, 1.807) is 12.4 Å². The monoisotopic (exact) mass is 502 g/mol. The maximum atomic E-state index is 12.0. The van der Waals surface area contributed by atoms with Crippen molar-refractivity contribution in [3.63, 3.8) is 0 Å². The van der Waals surface area contributed by atoms with Crippen LogP contribution >= 0.6 is 15.9 Å². The number of rotatable bonds is 8. The number of aromatic nitrogens is 4. The Morgan fingerprint density at radius 2 is 2.03 bits per heavy atom. The molecule has 0 radical (unpaired) electrons. The van der Waals surface area contributed by atoms with Crippen LogP contribution in [0.25, 0.3) is 0 Å². The molecule has 2 aliphatic carbocycles. The van der Waals surface area contributed by atoms with Gasteiger partial charge in [0.2, 0.25) is 11.9 Å². The number of morpholine rings is 1. The van der Waals surface area contributed by atoms with E-state index in [0.29, 0.717) is 11.8 Å². The van der Waals surface area contributed by atoms with Gasteiger partial charge in [0.05, 0.1) is 42.0 Å². The topological polar surface area (TPSA) is 123 Å². The van der Waals surface area contributed by atoms with Crippen molar-refractivity contribution in [2.45, 2.75) is 19.0 Å². The number of nitrogens with zero attached hydrogens (tertiary/aromatic N) is 5. The Morgan fingerprint density at radius 1 is 1.22 bits per heavy atom. The number of anilines is 3. The van der Waals surface area contributed by atoms with E-state index in [1.165, 1.54) is 0 Å². The van der Waals surface area contributed by atoms with Crippen LogP contribution in [-0.2, 0) is 16.1 Å². The zero-order valence-electron chi connectivity index (χ0n) is 17.7. The Balaban J connectivity index is 1.23. The molecular formula is C21H27BrN8O2. The second-order valence-corrected chi connectivity index (χ2v) is 9.36. The van der Waals surface area contributed by atoms with Gasteiger partial charge in [-0.05, 0) is 34.2 Å². The van der Waals surface area contributed by atoms with Crippen LogP contribution in [0.4, 0.5) is 17.5 Å². The summed E-state index contributed by atoms with van der Waals surface area (Å²) in [5, 5.41) is 11.1. The SMILES string of the molecule is NC(=O)[C@H]1[C@@H](Nc2nc(Nc3cnn(CCN4CCOCC4)c3)ncc2Br)[C@@H]2C=C[C@H]1C2. The standard InChI is InChI=1S/C21H27BrN8O2/c22-16-11-24-21(26-15-10-25-30(12-15)4-3-29-5-7-32-8-6-29)28-20(16)27-18-14-2-1-13(9-14)17(18)19(23)31/h1-2,10-14,17-18H,3-9H2,(H2,23,31)(H2,24,26,27,28)/t13-,14+,17+,18-/m0/s1. The van der Waals surface area contributed by atoms with Gasteiger partial charge in [-0.25, -0.2) is 4.98 Å². The second kappa shape index (κ2) is 9.16. The number of hydrogen-bond acceptors (Lipinski definition) is 8. The number of amides is 1. The van der Waals surface area contributed by atoms with Gasteiger partial charge in [-0.3, -0.25) is 14.4 Å². The molecule has 0 unspecified atom stereocenters. The van der Waals surface area contributed by atoms with Crippen molar-refractivity contribution in [1.29, 1.82) is 0 Å². The van der Waals surface area contributed by atoms with Gasteiger partial charge < -0.3 is 21.1 Å². The van der Waals surface area contributed by atoms with Crippen LogP contribution in [-0.4, -0.2) is 69.4 Å². The van der Waals surface area contributed by atoms with Crippen LogP contribution < -0.4 is 16.4 Å². The summed E-state index contributed by atoms with van der Waals surface area (Å²) in [6.07, 6.45) is 10.6. The third kappa shape index (κ3) is 4.50. The molecule has 2 aromatic rings. The molecule has 3 aliphatic rings. The Bertz CT molecular complexity index is 1010. The lowest BCUT2D eigenvalue weighted by atomic mass is 9.88. The highest BCUT2D eigenvalue weighted by Crippen LogP contribution is 2.45. The molecular weight excluding hydrogens is 476 g/mol. The molecule has 32 heavy (non-hydrogen) atoms. The van der Waals surface area contributed by atoms with E-state index in [9.17, 15) is 4.79 Å². The molecule has 11 heteroatoms. The van der Waals surface area contributed by atoms with Crippen LogP contribution in [0, 0.1) is 17.8 Å². The van der Waals surface area contributed by atoms with Gasteiger partial charge in [0, 0.05) is 38.1 Å². The Labute approximate surface area is 194 Å². The zero-order chi connectivity index (χ0) is 22.1. The summed E-state index contributed by atoms with van der Waals surface area (Å²) < 4.78 is 8.04. The molecule has 0 spiro atoms. The highest BCUT2D eigenvalue weighted by molar-refractivity contribution is 9.10. The zero-order valence-corrected chi connectivity index (χ0v) is 19.2. The van der Waals surface area contributed by atoms with Gasteiger partial charge in [-0.1, -0.05) is 12.2 Å². The van der Waals surface area contributed by atoms with Gasteiger partial charge in [-0.2, -0.15) is 10.1 Å². The minimum absolute atomic E-state index is 0.0653. The van der Waals surface area contributed by atoms with Gasteiger partial charge >= 0.3 is 0 Å². The average Bonchev–Trinajstić information content (AvgIpc) is 3.52. The molecule has 5 rings (SSSR count). The smallest absolute Gasteiger partial charge is 0.229 e. The fourth-order valence-electron chi connectivity index (χ4n) is 4.84. The first-order valence-electron chi connectivity index (χ1n) is 10.9. The summed E-state index contributed by atoms with van der Waals surface area (Å²) in [5.74, 6) is 1.08. The van der Waals surface area contributed by atoms with Crippen LogP contribution in [0.1, 0.15) is 6.42 Å². The number of primary amides is 1. The molecule has 1 saturated heterocycles. The van der Waals surface area contributed by atoms with Crippen molar-refractivity contribution < 1.29 is 9.53 Å². The number of carbonyl (C=O) groups is 1. The summed E-state index contributed by atoms with van der Waals surface area (Å²) in [7, 11) is 0. The van der Waals surface area contributed by atoms with Crippen LogP contribution in [0.5, 0.6) is 0 Å². The van der Waals surface area contributed by atoms with Gasteiger partial charge in [-0.15, -0.1) is 0 Å². The van der Waals surface area contributed by atoms with E-state index >= 15 is 0 Å². The predicted octanol–water partition coefficient (Wildman–Crippen LogP) is 1.60. The third-order valence-electron chi connectivity index (χ3n) is 6.47. The highest BCUT2D eigenvalue weighted by atomic mass is 79.9. The van der Waals surface area contributed by atoms with E-state index in [2.05, 4.69) is 58.7 Å². The first-order valence-corrected chi connectivity index (χ1v) is 11.7. The number of nitrogens with two attached hydrogens (primary N) is 1. The molecule has 4 atom stereocenters. The molecule has 4 N–H and O–H groups in total. The molecule has 1 aliphatic heterocycles. The van der Waals surface area contributed by atoms with Crippen molar-refractivity contribution in [2.24, 2.45) is 23.5 Å².